The quantitative estimate of drug-likeness (QED) is 0.634. The van der Waals surface area contributed by atoms with Crippen LogP contribution in [-0.4, -0.2) is 14.7 Å². The fraction of sp³-hybridized carbons (Fsp3) is 0.125. The molecule has 0 spiro atoms. The summed E-state index contributed by atoms with van der Waals surface area (Å²) in [5.41, 5.74) is 0. The minimum atomic E-state index is -0.539. The number of aromatic nitrogens is 2. The Morgan fingerprint density at radius 2 is 2.47 bits per heavy atom. The third kappa shape index (κ3) is 2.07. The summed E-state index contributed by atoms with van der Waals surface area (Å²) in [4.78, 5) is 9.97. The topological polar surface area (TPSA) is 74.1 Å². The van der Waals surface area contributed by atoms with Crippen LogP contribution in [-0.2, 0) is 6.54 Å². The first-order valence-corrected chi connectivity index (χ1v) is 4.86. The molecule has 0 unspecified atom stereocenters. The number of halogens is 1. The van der Waals surface area contributed by atoms with Gasteiger partial charge in [-0.15, -0.1) is 0 Å². The Balaban J connectivity index is 2.23. The van der Waals surface area contributed by atoms with Crippen LogP contribution in [0.15, 0.2) is 33.5 Å². The number of nitrogens with zero attached hydrogens (tertiary/aromatic N) is 3. The maximum absolute atomic E-state index is 10.5. The highest BCUT2D eigenvalue weighted by molar-refractivity contribution is 9.10. The largest absolute Gasteiger partial charge is 0.467 e. The minimum Gasteiger partial charge on any atom is -0.467 e. The lowest BCUT2D eigenvalue weighted by Crippen LogP contribution is -2.00. The van der Waals surface area contributed by atoms with Gasteiger partial charge in [0.05, 0.1) is 17.6 Å². The Bertz CT molecular complexity index is 477. The van der Waals surface area contributed by atoms with Gasteiger partial charge in [-0.05, 0) is 33.0 Å². The van der Waals surface area contributed by atoms with E-state index in [-0.39, 0.29) is 5.82 Å². The van der Waals surface area contributed by atoms with Crippen LogP contribution in [0.1, 0.15) is 5.76 Å². The molecule has 0 aliphatic rings. The molecule has 2 aromatic heterocycles. The lowest BCUT2D eigenvalue weighted by atomic mass is 10.4. The van der Waals surface area contributed by atoms with Crippen LogP contribution in [0.4, 0.5) is 5.82 Å². The highest BCUT2D eigenvalue weighted by Crippen LogP contribution is 2.22. The van der Waals surface area contributed by atoms with E-state index in [9.17, 15) is 10.1 Å². The summed E-state index contributed by atoms with van der Waals surface area (Å²) in [5, 5.41) is 14.3. The molecule has 0 saturated heterocycles. The summed E-state index contributed by atoms with van der Waals surface area (Å²) in [6, 6.07) is 3.53. The zero-order chi connectivity index (χ0) is 10.8. The number of nitro groups is 1. The van der Waals surface area contributed by atoms with Crippen molar-refractivity contribution in [3.63, 3.8) is 0 Å². The van der Waals surface area contributed by atoms with Gasteiger partial charge in [-0.3, -0.25) is 0 Å². The molecular formula is C8H6BrN3O3. The van der Waals surface area contributed by atoms with Gasteiger partial charge in [0.2, 0.25) is 0 Å². The average molecular weight is 272 g/mol. The SMILES string of the molecule is O=[N+]([O-])c1nn(Cc2ccco2)cc1Br. The molecule has 2 aromatic rings. The number of furan rings is 1. The van der Waals surface area contributed by atoms with E-state index in [0.29, 0.717) is 16.8 Å². The van der Waals surface area contributed by atoms with Crippen molar-refractivity contribution in [1.29, 1.82) is 0 Å². The van der Waals surface area contributed by atoms with Crippen molar-refractivity contribution in [1.82, 2.24) is 9.78 Å². The molecule has 15 heavy (non-hydrogen) atoms. The van der Waals surface area contributed by atoms with Crippen LogP contribution in [0.3, 0.4) is 0 Å². The van der Waals surface area contributed by atoms with Crippen molar-refractivity contribution in [2.24, 2.45) is 0 Å². The first-order chi connectivity index (χ1) is 7.16. The van der Waals surface area contributed by atoms with E-state index in [1.807, 2.05) is 0 Å². The van der Waals surface area contributed by atoms with Gasteiger partial charge < -0.3 is 14.5 Å². The van der Waals surface area contributed by atoms with Gasteiger partial charge in [0, 0.05) is 0 Å². The highest BCUT2D eigenvalue weighted by Gasteiger charge is 2.18. The fourth-order valence-corrected chi connectivity index (χ4v) is 1.61. The summed E-state index contributed by atoms with van der Waals surface area (Å²) < 4.78 is 6.91. The third-order valence-corrected chi connectivity index (χ3v) is 2.33. The second kappa shape index (κ2) is 3.85. The molecule has 0 amide bonds. The molecule has 0 bridgehead atoms. The Morgan fingerprint density at radius 3 is 3.00 bits per heavy atom. The van der Waals surface area contributed by atoms with E-state index in [0.717, 1.165) is 0 Å². The maximum Gasteiger partial charge on any atom is 0.404 e. The summed E-state index contributed by atoms with van der Waals surface area (Å²) in [6.45, 7) is 0.374. The van der Waals surface area contributed by atoms with Gasteiger partial charge in [-0.2, -0.15) is 4.68 Å². The molecule has 0 aliphatic heterocycles. The summed E-state index contributed by atoms with van der Waals surface area (Å²) in [7, 11) is 0. The van der Waals surface area contributed by atoms with Crippen molar-refractivity contribution >= 4 is 21.7 Å². The van der Waals surface area contributed by atoms with E-state index in [4.69, 9.17) is 4.42 Å². The molecule has 0 radical (unpaired) electrons. The second-order valence-corrected chi connectivity index (χ2v) is 3.69. The minimum absolute atomic E-state index is 0.193. The molecule has 0 fully saturated rings. The molecule has 78 valence electrons. The maximum atomic E-state index is 10.5. The monoisotopic (exact) mass is 271 g/mol. The van der Waals surface area contributed by atoms with Gasteiger partial charge in [0.15, 0.2) is 0 Å². The summed E-state index contributed by atoms with van der Waals surface area (Å²) in [5.74, 6) is 0.501. The van der Waals surface area contributed by atoms with Gasteiger partial charge in [-0.1, -0.05) is 0 Å². The van der Waals surface area contributed by atoms with Crippen LogP contribution in [0.5, 0.6) is 0 Å². The van der Waals surface area contributed by atoms with Crippen molar-refractivity contribution in [2.45, 2.75) is 6.54 Å². The van der Waals surface area contributed by atoms with Gasteiger partial charge in [0.1, 0.15) is 16.8 Å². The van der Waals surface area contributed by atoms with Gasteiger partial charge in [0.25, 0.3) is 0 Å². The molecular weight excluding hydrogens is 266 g/mol. The van der Waals surface area contributed by atoms with Crippen LogP contribution < -0.4 is 0 Å². The van der Waals surface area contributed by atoms with E-state index >= 15 is 0 Å². The van der Waals surface area contributed by atoms with Crippen molar-refractivity contribution in [2.75, 3.05) is 0 Å². The van der Waals surface area contributed by atoms with E-state index in [2.05, 4.69) is 21.0 Å². The second-order valence-electron chi connectivity index (χ2n) is 2.83. The van der Waals surface area contributed by atoms with E-state index in [1.54, 1.807) is 24.6 Å². The first kappa shape index (κ1) is 9.91. The number of rotatable bonds is 3. The predicted molar refractivity (Wildman–Crippen MR) is 54.4 cm³/mol. The molecule has 0 N–H and O–H groups in total. The van der Waals surface area contributed by atoms with Crippen LogP contribution in [0.25, 0.3) is 0 Å². The first-order valence-electron chi connectivity index (χ1n) is 4.06. The zero-order valence-corrected chi connectivity index (χ0v) is 9.05. The predicted octanol–water partition coefficient (Wildman–Crippen LogP) is 2.20. The lowest BCUT2D eigenvalue weighted by Gasteiger charge is -1.90. The molecule has 0 saturated carbocycles. The van der Waals surface area contributed by atoms with Crippen molar-refractivity contribution in [3.05, 3.63) is 44.9 Å². The van der Waals surface area contributed by atoms with E-state index in [1.165, 1.54) is 4.68 Å². The molecule has 2 rings (SSSR count). The Labute approximate surface area is 92.8 Å². The lowest BCUT2D eigenvalue weighted by molar-refractivity contribution is -0.390. The Kier molecular flexibility index (Phi) is 2.55. The Hall–Kier alpha value is -1.63. The molecule has 0 atom stereocenters. The standard InChI is InChI=1S/C8H6BrN3O3/c9-7-5-11(10-8(7)12(13)14)4-6-2-1-3-15-6/h1-3,5H,4H2. The number of hydrogen-bond acceptors (Lipinski definition) is 4. The van der Waals surface area contributed by atoms with Crippen LogP contribution >= 0.6 is 15.9 Å². The number of hydrogen-bond donors (Lipinski definition) is 0. The van der Waals surface area contributed by atoms with Crippen LogP contribution in [0, 0.1) is 10.1 Å². The molecule has 2 heterocycles. The van der Waals surface area contributed by atoms with Crippen molar-refractivity contribution in [3.8, 4) is 0 Å². The smallest absolute Gasteiger partial charge is 0.404 e. The van der Waals surface area contributed by atoms with E-state index < -0.39 is 4.92 Å². The normalized spacial score (nSPS) is 10.5. The zero-order valence-electron chi connectivity index (χ0n) is 7.46. The van der Waals surface area contributed by atoms with Gasteiger partial charge in [-0.25, -0.2) is 0 Å². The molecule has 7 heteroatoms. The summed E-state index contributed by atoms with van der Waals surface area (Å²) >= 11 is 3.07. The van der Waals surface area contributed by atoms with Gasteiger partial charge >= 0.3 is 5.82 Å². The molecule has 0 aromatic carbocycles. The fourth-order valence-electron chi connectivity index (χ4n) is 1.15. The summed E-state index contributed by atoms with van der Waals surface area (Å²) in [6.07, 6.45) is 3.09. The molecule has 6 nitrogen and oxygen atoms in total. The Morgan fingerprint density at radius 1 is 1.67 bits per heavy atom. The highest BCUT2D eigenvalue weighted by atomic mass is 79.9. The van der Waals surface area contributed by atoms with Crippen LogP contribution in [0.2, 0.25) is 0 Å². The average Bonchev–Trinajstić information content (AvgIpc) is 2.75. The molecule has 0 aliphatic carbocycles. The third-order valence-electron chi connectivity index (χ3n) is 1.77. The van der Waals surface area contributed by atoms with Crippen molar-refractivity contribution < 1.29 is 9.34 Å².